The summed E-state index contributed by atoms with van der Waals surface area (Å²) in [5.74, 6) is 0.372. The van der Waals surface area contributed by atoms with E-state index >= 15 is 0 Å². The van der Waals surface area contributed by atoms with Gasteiger partial charge in [-0.25, -0.2) is 9.36 Å². The number of H-pyrrole nitrogens is 1. The molecule has 0 bridgehead atoms. The molecule has 9 heteroatoms. The second kappa shape index (κ2) is 7.58. The van der Waals surface area contributed by atoms with E-state index in [9.17, 15) is 14.7 Å². The highest BCUT2D eigenvalue weighted by Crippen LogP contribution is 2.36. The molecule has 5 rings (SSSR count). The van der Waals surface area contributed by atoms with Crippen LogP contribution in [0.25, 0.3) is 16.6 Å². The quantitative estimate of drug-likeness (QED) is 0.443. The lowest BCUT2D eigenvalue weighted by atomic mass is 9.95. The molecule has 0 amide bonds. The number of halogens is 1. The van der Waals surface area contributed by atoms with Gasteiger partial charge in [0.1, 0.15) is 11.3 Å². The van der Waals surface area contributed by atoms with Gasteiger partial charge in [0.2, 0.25) is 5.88 Å². The Morgan fingerprint density at radius 2 is 1.91 bits per heavy atom. The molecule has 164 valence electrons. The van der Waals surface area contributed by atoms with E-state index in [0.29, 0.717) is 17.3 Å². The molecule has 1 aliphatic rings. The van der Waals surface area contributed by atoms with Gasteiger partial charge in [-0.3, -0.25) is 9.36 Å². The van der Waals surface area contributed by atoms with Crippen LogP contribution in [0.3, 0.4) is 0 Å². The highest BCUT2D eigenvalue weighted by Gasteiger charge is 2.32. The number of rotatable bonds is 3. The van der Waals surface area contributed by atoms with Crippen LogP contribution in [0.4, 0.5) is 0 Å². The Balaban J connectivity index is 1.76. The first-order chi connectivity index (χ1) is 15.4. The SMILES string of the molecule is COc1ccc2[nH]c3c(c2c1)CCN[C@H]3c1c(O)n(C)c(=O)n(-c2ccc(Cl)cc2)c1=O. The number of hydrogen-bond donors (Lipinski definition) is 3. The van der Waals surface area contributed by atoms with Gasteiger partial charge in [-0.15, -0.1) is 0 Å². The maximum atomic E-state index is 13.6. The Hall–Kier alpha value is -3.49. The second-order valence-corrected chi connectivity index (χ2v) is 8.20. The van der Waals surface area contributed by atoms with E-state index in [4.69, 9.17) is 16.3 Å². The van der Waals surface area contributed by atoms with Crippen molar-refractivity contribution in [1.29, 1.82) is 0 Å². The van der Waals surface area contributed by atoms with E-state index in [1.54, 1.807) is 31.4 Å². The number of nitrogens with one attached hydrogen (secondary N) is 2. The number of aromatic amines is 1. The summed E-state index contributed by atoms with van der Waals surface area (Å²) < 4.78 is 7.49. The van der Waals surface area contributed by atoms with Crippen molar-refractivity contribution < 1.29 is 9.84 Å². The maximum absolute atomic E-state index is 13.6. The van der Waals surface area contributed by atoms with E-state index < -0.39 is 17.3 Å². The number of aromatic hydroxyl groups is 1. The number of hydrogen-bond acceptors (Lipinski definition) is 5. The highest BCUT2D eigenvalue weighted by molar-refractivity contribution is 6.30. The van der Waals surface area contributed by atoms with E-state index in [1.165, 1.54) is 7.05 Å². The van der Waals surface area contributed by atoms with Crippen LogP contribution in [0.2, 0.25) is 5.02 Å². The summed E-state index contributed by atoms with van der Waals surface area (Å²) >= 11 is 5.97. The Labute approximate surface area is 187 Å². The zero-order valence-corrected chi connectivity index (χ0v) is 18.2. The van der Waals surface area contributed by atoms with Gasteiger partial charge in [0.25, 0.3) is 5.56 Å². The molecule has 32 heavy (non-hydrogen) atoms. The fourth-order valence-electron chi connectivity index (χ4n) is 4.37. The number of aromatic nitrogens is 3. The fraction of sp³-hybridized carbons (Fsp3) is 0.217. The van der Waals surface area contributed by atoms with Gasteiger partial charge >= 0.3 is 5.69 Å². The third-order valence-corrected chi connectivity index (χ3v) is 6.25. The molecule has 1 aliphatic heterocycles. The van der Waals surface area contributed by atoms with Crippen molar-refractivity contribution in [3.8, 4) is 17.3 Å². The number of methoxy groups -OCH3 is 1. The van der Waals surface area contributed by atoms with Crippen LogP contribution in [-0.4, -0.2) is 32.9 Å². The van der Waals surface area contributed by atoms with E-state index in [2.05, 4.69) is 10.3 Å². The maximum Gasteiger partial charge on any atom is 0.338 e. The van der Waals surface area contributed by atoms with E-state index in [0.717, 1.165) is 43.5 Å². The molecule has 0 unspecified atom stereocenters. The van der Waals surface area contributed by atoms with Crippen molar-refractivity contribution in [2.75, 3.05) is 13.7 Å². The lowest BCUT2D eigenvalue weighted by molar-refractivity contribution is 0.394. The van der Waals surface area contributed by atoms with Crippen LogP contribution in [0.1, 0.15) is 22.9 Å². The normalized spacial score (nSPS) is 15.7. The molecule has 3 N–H and O–H groups in total. The average molecular weight is 453 g/mol. The molecule has 0 fully saturated rings. The van der Waals surface area contributed by atoms with E-state index in [-0.39, 0.29) is 11.4 Å². The lowest BCUT2D eigenvalue weighted by Crippen LogP contribution is -2.43. The molecule has 2 aromatic heterocycles. The molecule has 0 spiro atoms. The summed E-state index contributed by atoms with van der Waals surface area (Å²) in [5, 5.41) is 15.7. The van der Waals surface area contributed by atoms with Crippen molar-refractivity contribution in [2.24, 2.45) is 7.05 Å². The Morgan fingerprint density at radius 1 is 1.16 bits per heavy atom. The van der Waals surface area contributed by atoms with Crippen molar-refractivity contribution >= 4 is 22.5 Å². The van der Waals surface area contributed by atoms with Crippen LogP contribution >= 0.6 is 11.6 Å². The first-order valence-electron chi connectivity index (χ1n) is 10.1. The van der Waals surface area contributed by atoms with Crippen molar-refractivity contribution in [1.82, 2.24) is 19.4 Å². The van der Waals surface area contributed by atoms with Gasteiger partial charge in [-0.2, -0.15) is 0 Å². The summed E-state index contributed by atoms with van der Waals surface area (Å²) in [6.45, 7) is 0.602. The number of ether oxygens (including phenoxy) is 1. The number of benzene rings is 2. The smallest absolute Gasteiger partial charge is 0.338 e. The van der Waals surface area contributed by atoms with Crippen molar-refractivity contribution in [3.63, 3.8) is 0 Å². The van der Waals surface area contributed by atoms with Gasteiger partial charge in [-0.05, 0) is 54.4 Å². The first-order valence-corrected chi connectivity index (χ1v) is 10.5. The lowest BCUT2D eigenvalue weighted by Gasteiger charge is -2.26. The van der Waals surface area contributed by atoms with Crippen LogP contribution in [0, 0.1) is 0 Å². The third kappa shape index (κ3) is 3.03. The van der Waals surface area contributed by atoms with Gasteiger partial charge < -0.3 is 20.1 Å². The van der Waals surface area contributed by atoms with Gasteiger partial charge in [-0.1, -0.05) is 11.6 Å². The molecule has 1 atom stereocenters. The van der Waals surface area contributed by atoms with Gasteiger partial charge in [0.15, 0.2) is 0 Å². The summed E-state index contributed by atoms with van der Waals surface area (Å²) in [6, 6.07) is 11.5. The second-order valence-electron chi connectivity index (χ2n) is 7.76. The standard InChI is InChI=1S/C23H21ClN4O4/c1-27-21(29)18(22(30)28(23(27)31)13-5-3-12(24)4-6-13)20-19-15(9-10-25-20)16-11-14(32-2)7-8-17(16)26-19/h3-8,11,20,25-26,29H,9-10H2,1-2H3/t20-/m0/s1. The number of nitrogens with zero attached hydrogens (tertiary/aromatic N) is 2. The molecule has 0 saturated carbocycles. The van der Waals surface area contributed by atoms with Gasteiger partial charge in [0, 0.05) is 35.2 Å². The Bertz CT molecular complexity index is 1470. The zero-order chi connectivity index (χ0) is 22.6. The van der Waals surface area contributed by atoms with Gasteiger partial charge in [0.05, 0.1) is 18.8 Å². The average Bonchev–Trinajstić information content (AvgIpc) is 3.17. The molecule has 0 aliphatic carbocycles. The topological polar surface area (TPSA) is 101 Å². The van der Waals surface area contributed by atoms with Crippen LogP contribution in [-0.2, 0) is 13.5 Å². The molecule has 0 radical (unpaired) electrons. The zero-order valence-electron chi connectivity index (χ0n) is 17.5. The summed E-state index contributed by atoms with van der Waals surface area (Å²) in [5.41, 5.74) is 1.99. The number of fused-ring (bicyclic) bond motifs is 3. The molecule has 0 saturated heterocycles. The minimum atomic E-state index is -0.643. The molecule has 2 aromatic carbocycles. The highest BCUT2D eigenvalue weighted by atomic mass is 35.5. The Morgan fingerprint density at radius 3 is 2.62 bits per heavy atom. The molecular weight excluding hydrogens is 432 g/mol. The first kappa shape index (κ1) is 20.4. The monoisotopic (exact) mass is 452 g/mol. The minimum Gasteiger partial charge on any atom is -0.497 e. The van der Waals surface area contributed by atoms with E-state index in [1.807, 2.05) is 18.2 Å². The third-order valence-electron chi connectivity index (χ3n) is 6.00. The summed E-state index contributed by atoms with van der Waals surface area (Å²) in [6.07, 6.45) is 0.747. The van der Waals surface area contributed by atoms with Crippen LogP contribution in [0.5, 0.6) is 11.6 Å². The molecule has 3 heterocycles. The predicted molar refractivity (Wildman–Crippen MR) is 122 cm³/mol. The molecule has 4 aromatic rings. The fourth-order valence-corrected chi connectivity index (χ4v) is 4.50. The Kier molecular flexibility index (Phi) is 4.83. The summed E-state index contributed by atoms with van der Waals surface area (Å²) in [4.78, 5) is 29.8. The van der Waals surface area contributed by atoms with Crippen LogP contribution in [0.15, 0.2) is 52.1 Å². The predicted octanol–water partition coefficient (Wildman–Crippen LogP) is 2.62. The van der Waals surface area contributed by atoms with Crippen LogP contribution < -0.4 is 21.3 Å². The summed E-state index contributed by atoms with van der Waals surface area (Å²) in [7, 11) is 3.05. The van der Waals surface area contributed by atoms with Crippen molar-refractivity contribution in [2.45, 2.75) is 12.5 Å². The largest absolute Gasteiger partial charge is 0.497 e. The minimum absolute atomic E-state index is 0.0986. The molecule has 8 nitrogen and oxygen atoms in total. The molecular formula is C23H21ClN4O4. The van der Waals surface area contributed by atoms with Crippen molar-refractivity contribution in [3.05, 3.63) is 85.1 Å².